The second kappa shape index (κ2) is 10.4. The molecule has 0 aliphatic heterocycles. The van der Waals surface area contributed by atoms with E-state index < -0.39 is 0 Å². The van der Waals surface area contributed by atoms with Crippen LogP contribution in [0.4, 0.5) is 0 Å². The number of ether oxygens (including phenoxy) is 3. The van der Waals surface area contributed by atoms with Crippen LogP contribution in [0.15, 0.2) is 42.5 Å². The average Bonchev–Trinajstić information content (AvgIpc) is 2.68. The molecule has 0 saturated heterocycles. The molecule has 0 aliphatic rings. The first kappa shape index (κ1) is 20.6. The zero-order chi connectivity index (χ0) is 19.6. The molecule has 0 aliphatic carbocycles. The molecule has 0 aromatic heterocycles. The molecule has 0 spiro atoms. The summed E-state index contributed by atoms with van der Waals surface area (Å²) in [4.78, 5) is 11.5. The van der Waals surface area contributed by atoms with Crippen LogP contribution in [0.1, 0.15) is 19.4 Å². The summed E-state index contributed by atoms with van der Waals surface area (Å²) in [5.74, 6) is 2.83. The van der Waals surface area contributed by atoms with E-state index in [4.69, 9.17) is 14.2 Å². The maximum Gasteiger partial charge on any atom is 0.222 e. The molecule has 1 amide bonds. The van der Waals surface area contributed by atoms with Crippen molar-refractivity contribution in [3.8, 4) is 23.0 Å². The molecule has 0 radical (unpaired) electrons. The molecule has 0 fully saturated rings. The van der Waals surface area contributed by atoms with E-state index in [1.54, 1.807) is 20.3 Å². The first-order chi connectivity index (χ1) is 13.0. The second-order valence-corrected chi connectivity index (χ2v) is 6.42. The fourth-order valence-corrected chi connectivity index (χ4v) is 2.36. The predicted molar refractivity (Wildman–Crippen MR) is 106 cm³/mol. The van der Waals surface area contributed by atoms with Crippen molar-refractivity contribution in [3.05, 3.63) is 48.0 Å². The number of methoxy groups -OCH3 is 2. The molecule has 2 N–H and O–H groups in total. The van der Waals surface area contributed by atoms with Crippen LogP contribution in [-0.4, -0.2) is 33.2 Å². The van der Waals surface area contributed by atoms with Crippen LogP contribution in [0.5, 0.6) is 23.0 Å². The van der Waals surface area contributed by atoms with Gasteiger partial charge in [0, 0.05) is 43.8 Å². The first-order valence-electron chi connectivity index (χ1n) is 9.00. The summed E-state index contributed by atoms with van der Waals surface area (Å²) >= 11 is 0. The van der Waals surface area contributed by atoms with Gasteiger partial charge in [-0.3, -0.25) is 4.79 Å². The monoisotopic (exact) mass is 372 g/mol. The van der Waals surface area contributed by atoms with E-state index in [-0.39, 0.29) is 11.8 Å². The smallest absolute Gasteiger partial charge is 0.222 e. The Kier molecular flexibility index (Phi) is 7.95. The van der Waals surface area contributed by atoms with E-state index in [0.717, 1.165) is 24.4 Å². The van der Waals surface area contributed by atoms with Crippen LogP contribution in [0, 0.1) is 5.92 Å². The molecule has 27 heavy (non-hydrogen) atoms. The molecular weight excluding hydrogens is 344 g/mol. The normalized spacial score (nSPS) is 10.6. The highest BCUT2D eigenvalue weighted by atomic mass is 16.5. The molecule has 2 aromatic rings. The van der Waals surface area contributed by atoms with Gasteiger partial charge in [0.1, 0.15) is 23.0 Å². The molecule has 0 heterocycles. The van der Waals surface area contributed by atoms with Crippen LogP contribution in [0.25, 0.3) is 0 Å². The third kappa shape index (κ3) is 6.83. The minimum atomic E-state index is 0.0158. The molecule has 2 aromatic carbocycles. The van der Waals surface area contributed by atoms with Crippen LogP contribution < -0.4 is 24.8 Å². The zero-order valence-corrected chi connectivity index (χ0v) is 16.4. The lowest BCUT2D eigenvalue weighted by atomic mass is 10.2. The number of amides is 1. The Morgan fingerprint density at radius 3 is 2.04 bits per heavy atom. The maximum absolute atomic E-state index is 11.5. The van der Waals surface area contributed by atoms with Gasteiger partial charge in [0.2, 0.25) is 5.91 Å². The number of carbonyl (C=O) groups excluding carboxylic acids is 1. The molecule has 6 nitrogen and oxygen atoms in total. The lowest BCUT2D eigenvalue weighted by Crippen LogP contribution is -2.34. The Bertz CT molecular complexity index is 707. The van der Waals surface area contributed by atoms with Gasteiger partial charge in [0.25, 0.3) is 0 Å². The van der Waals surface area contributed by atoms with Crippen LogP contribution in [-0.2, 0) is 11.3 Å². The predicted octanol–water partition coefficient (Wildman–Crippen LogP) is 3.36. The Balaban J connectivity index is 1.82. The highest BCUT2D eigenvalue weighted by molar-refractivity contribution is 5.77. The van der Waals surface area contributed by atoms with Crippen molar-refractivity contribution >= 4 is 5.91 Å². The van der Waals surface area contributed by atoms with Gasteiger partial charge in [-0.1, -0.05) is 26.0 Å². The van der Waals surface area contributed by atoms with Gasteiger partial charge in [-0.15, -0.1) is 0 Å². The Hall–Kier alpha value is -2.73. The quantitative estimate of drug-likeness (QED) is 0.626. The van der Waals surface area contributed by atoms with E-state index in [1.807, 2.05) is 50.2 Å². The summed E-state index contributed by atoms with van der Waals surface area (Å²) in [6.07, 6.45) is 0. The molecule has 2 rings (SSSR count). The van der Waals surface area contributed by atoms with E-state index >= 15 is 0 Å². The average molecular weight is 372 g/mol. The van der Waals surface area contributed by atoms with Crippen molar-refractivity contribution in [2.75, 3.05) is 27.3 Å². The largest absolute Gasteiger partial charge is 0.496 e. The van der Waals surface area contributed by atoms with Gasteiger partial charge in [-0.2, -0.15) is 0 Å². The van der Waals surface area contributed by atoms with E-state index in [2.05, 4.69) is 10.6 Å². The lowest BCUT2D eigenvalue weighted by molar-refractivity contribution is -0.123. The Morgan fingerprint density at radius 1 is 0.889 bits per heavy atom. The van der Waals surface area contributed by atoms with Crippen molar-refractivity contribution in [1.82, 2.24) is 10.6 Å². The minimum absolute atomic E-state index is 0.0158. The number of benzene rings is 2. The lowest BCUT2D eigenvalue weighted by Gasteiger charge is -2.11. The zero-order valence-electron chi connectivity index (χ0n) is 16.4. The fraction of sp³-hybridized carbons (Fsp3) is 0.381. The van der Waals surface area contributed by atoms with Gasteiger partial charge >= 0.3 is 0 Å². The number of hydrogen-bond donors (Lipinski definition) is 2. The highest BCUT2D eigenvalue weighted by Gasteiger charge is 2.06. The van der Waals surface area contributed by atoms with Gasteiger partial charge in [0.15, 0.2) is 0 Å². The highest BCUT2D eigenvalue weighted by Crippen LogP contribution is 2.30. The van der Waals surface area contributed by atoms with Crippen molar-refractivity contribution in [2.45, 2.75) is 20.4 Å². The summed E-state index contributed by atoms with van der Waals surface area (Å²) in [6, 6.07) is 13.3. The first-order valence-corrected chi connectivity index (χ1v) is 9.00. The standard InChI is InChI=1S/C21H28N2O4/c1-15(2)21(24)23-10-9-22-14-16-5-7-17(8-6-16)27-20-12-18(25-3)11-19(13-20)26-4/h5-8,11-13,15,22H,9-10,14H2,1-4H3,(H,23,24). The fourth-order valence-electron chi connectivity index (χ4n) is 2.36. The third-order valence-corrected chi connectivity index (χ3v) is 3.94. The number of carbonyl (C=O) groups is 1. The van der Waals surface area contributed by atoms with E-state index in [0.29, 0.717) is 23.8 Å². The molecule has 0 saturated carbocycles. The van der Waals surface area contributed by atoms with Gasteiger partial charge in [-0.25, -0.2) is 0 Å². The third-order valence-electron chi connectivity index (χ3n) is 3.94. The SMILES string of the molecule is COc1cc(OC)cc(Oc2ccc(CNCCNC(=O)C(C)C)cc2)c1. The Morgan fingerprint density at radius 2 is 1.48 bits per heavy atom. The molecule has 146 valence electrons. The summed E-state index contributed by atoms with van der Waals surface area (Å²) in [5.41, 5.74) is 1.14. The summed E-state index contributed by atoms with van der Waals surface area (Å²) in [6.45, 7) is 5.84. The summed E-state index contributed by atoms with van der Waals surface area (Å²) < 4.78 is 16.4. The van der Waals surface area contributed by atoms with E-state index in [1.165, 1.54) is 0 Å². The maximum atomic E-state index is 11.5. The number of rotatable bonds is 10. The van der Waals surface area contributed by atoms with Crippen molar-refractivity contribution in [1.29, 1.82) is 0 Å². The molecule has 0 bridgehead atoms. The molecular formula is C21H28N2O4. The summed E-state index contributed by atoms with van der Waals surface area (Å²) in [5, 5.41) is 6.19. The minimum Gasteiger partial charge on any atom is -0.496 e. The van der Waals surface area contributed by atoms with Crippen molar-refractivity contribution in [2.24, 2.45) is 5.92 Å². The number of hydrogen-bond acceptors (Lipinski definition) is 5. The van der Waals surface area contributed by atoms with Crippen LogP contribution in [0.2, 0.25) is 0 Å². The number of nitrogens with one attached hydrogen (secondary N) is 2. The second-order valence-electron chi connectivity index (χ2n) is 6.42. The topological polar surface area (TPSA) is 68.8 Å². The van der Waals surface area contributed by atoms with Crippen molar-refractivity contribution in [3.63, 3.8) is 0 Å². The van der Waals surface area contributed by atoms with Gasteiger partial charge < -0.3 is 24.8 Å². The van der Waals surface area contributed by atoms with Crippen molar-refractivity contribution < 1.29 is 19.0 Å². The molecule has 0 unspecified atom stereocenters. The van der Waals surface area contributed by atoms with Crippen LogP contribution >= 0.6 is 0 Å². The van der Waals surface area contributed by atoms with Gasteiger partial charge in [0.05, 0.1) is 14.2 Å². The molecule has 6 heteroatoms. The van der Waals surface area contributed by atoms with Crippen LogP contribution in [0.3, 0.4) is 0 Å². The van der Waals surface area contributed by atoms with Gasteiger partial charge in [-0.05, 0) is 17.7 Å². The Labute approximate surface area is 160 Å². The van der Waals surface area contributed by atoms with E-state index in [9.17, 15) is 4.79 Å². The summed E-state index contributed by atoms with van der Waals surface area (Å²) in [7, 11) is 3.21. The molecule has 0 atom stereocenters.